The van der Waals surface area contributed by atoms with Gasteiger partial charge in [-0.05, 0) is 24.6 Å². The fraction of sp³-hybridized carbons (Fsp3) is 0.250. The minimum atomic E-state index is -2.61. The predicted molar refractivity (Wildman–Crippen MR) is 56.8 cm³/mol. The molecule has 1 aromatic rings. The average molecular weight is 224 g/mol. The number of aliphatic hydroxyl groups is 1. The third-order valence-electron chi connectivity index (χ3n) is 1.61. The van der Waals surface area contributed by atoms with E-state index in [9.17, 15) is 8.42 Å². The van der Waals surface area contributed by atoms with Crippen LogP contribution in [-0.2, 0) is 10.9 Å². The zero-order valence-electron chi connectivity index (χ0n) is 8.10. The first-order valence-corrected chi connectivity index (χ1v) is 4.96. The van der Waals surface area contributed by atoms with Gasteiger partial charge in [0.1, 0.15) is 0 Å². The van der Waals surface area contributed by atoms with E-state index in [-0.39, 0.29) is 29.6 Å². The smallest absolute Gasteiger partial charge is 0.222 e. The van der Waals surface area contributed by atoms with Crippen molar-refractivity contribution >= 4 is 46.1 Å². The van der Waals surface area contributed by atoms with E-state index < -0.39 is 17.0 Å². The SMILES string of the molecule is CC(O)c1ccc(N[SH](=O)=O)cc1.[Na]. The van der Waals surface area contributed by atoms with Crippen LogP contribution in [0.4, 0.5) is 5.69 Å². The molecule has 0 spiro atoms. The number of hydrogen-bond donors (Lipinski definition) is 3. The van der Waals surface area contributed by atoms with E-state index in [2.05, 4.69) is 4.72 Å². The molecule has 0 heterocycles. The second-order valence-electron chi connectivity index (χ2n) is 2.67. The first-order valence-electron chi connectivity index (χ1n) is 3.78. The maximum Gasteiger partial charge on any atom is 0.222 e. The molecule has 4 nitrogen and oxygen atoms in total. The first-order chi connectivity index (χ1) is 6.09. The van der Waals surface area contributed by atoms with Crippen molar-refractivity contribution < 1.29 is 13.5 Å². The Labute approximate surface area is 107 Å². The summed E-state index contributed by atoms with van der Waals surface area (Å²) < 4.78 is 22.8. The van der Waals surface area contributed by atoms with Crippen LogP contribution in [0.1, 0.15) is 18.6 Å². The van der Waals surface area contributed by atoms with Gasteiger partial charge >= 0.3 is 0 Å². The van der Waals surface area contributed by atoms with Gasteiger partial charge in [0.05, 0.1) is 6.10 Å². The minimum Gasteiger partial charge on any atom is -0.389 e. The molecule has 0 amide bonds. The summed E-state index contributed by atoms with van der Waals surface area (Å²) in [6, 6.07) is 6.55. The number of thiol groups is 1. The Hall–Kier alpha value is -0.0700. The van der Waals surface area contributed by atoms with Crippen LogP contribution in [0, 0.1) is 0 Å². The Morgan fingerprint density at radius 1 is 1.29 bits per heavy atom. The largest absolute Gasteiger partial charge is 0.389 e. The molecule has 2 N–H and O–H groups in total. The molecule has 0 bridgehead atoms. The van der Waals surface area contributed by atoms with Crippen LogP contribution in [0.15, 0.2) is 24.3 Å². The summed E-state index contributed by atoms with van der Waals surface area (Å²) in [5, 5.41) is 9.16. The summed E-state index contributed by atoms with van der Waals surface area (Å²) in [5.41, 5.74) is 1.26. The third kappa shape index (κ3) is 4.43. The molecule has 0 saturated heterocycles. The van der Waals surface area contributed by atoms with Crippen molar-refractivity contribution in [2.75, 3.05) is 4.72 Å². The Morgan fingerprint density at radius 3 is 2.14 bits per heavy atom. The number of hydrogen-bond acceptors (Lipinski definition) is 3. The van der Waals surface area contributed by atoms with Crippen molar-refractivity contribution in [1.82, 2.24) is 0 Å². The molecular weight excluding hydrogens is 213 g/mol. The van der Waals surface area contributed by atoms with Crippen LogP contribution in [0.2, 0.25) is 0 Å². The minimum absolute atomic E-state index is 0. The molecule has 1 rings (SSSR count). The summed E-state index contributed by atoms with van der Waals surface area (Å²) in [6.07, 6.45) is -0.532. The fourth-order valence-corrected chi connectivity index (χ4v) is 1.30. The molecule has 0 fully saturated rings. The van der Waals surface area contributed by atoms with Gasteiger partial charge in [0, 0.05) is 35.2 Å². The number of rotatable bonds is 3. The summed E-state index contributed by atoms with van der Waals surface area (Å²) in [6.45, 7) is 1.65. The molecule has 0 aliphatic rings. The van der Waals surface area contributed by atoms with Gasteiger partial charge in [0.2, 0.25) is 10.9 Å². The third-order valence-corrected chi connectivity index (χ3v) is 2.05. The predicted octanol–water partition coefficient (Wildman–Crippen LogP) is 0.297. The maximum atomic E-state index is 10.3. The molecule has 1 radical (unpaired) electrons. The van der Waals surface area contributed by atoms with E-state index in [1.807, 2.05) is 0 Å². The maximum absolute atomic E-state index is 10.3. The van der Waals surface area contributed by atoms with Crippen molar-refractivity contribution in [2.45, 2.75) is 13.0 Å². The quantitative estimate of drug-likeness (QED) is 0.511. The van der Waals surface area contributed by atoms with Gasteiger partial charge in [0.25, 0.3) is 0 Å². The van der Waals surface area contributed by atoms with E-state index in [0.717, 1.165) is 5.56 Å². The monoisotopic (exact) mass is 224 g/mol. The summed E-state index contributed by atoms with van der Waals surface area (Å²) >= 11 is 0. The normalized spacial score (nSPS) is 11.9. The Morgan fingerprint density at radius 2 is 1.79 bits per heavy atom. The molecule has 1 atom stereocenters. The van der Waals surface area contributed by atoms with Crippen LogP contribution in [0.25, 0.3) is 0 Å². The van der Waals surface area contributed by atoms with Crippen molar-refractivity contribution in [3.05, 3.63) is 29.8 Å². The standard InChI is InChI=1S/C8H11NO3S.Na/c1-6(10)7-2-4-8(5-3-7)9-13(11)12;/h2-6,10,13H,1H3,(H,9,11,12);. The van der Waals surface area contributed by atoms with Gasteiger partial charge in [0.15, 0.2) is 0 Å². The van der Waals surface area contributed by atoms with Gasteiger partial charge in [-0.15, -0.1) is 0 Å². The molecule has 0 aromatic heterocycles. The van der Waals surface area contributed by atoms with Crippen LogP contribution in [-0.4, -0.2) is 43.1 Å². The van der Waals surface area contributed by atoms with E-state index in [1.165, 1.54) is 0 Å². The first kappa shape index (κ1) is 13.9. The summed E-state index contributed by atoms with van der Waals surface area (Å²) in [7, 11) is -2.61. The van der Waals surface area contributed by atoms with Crippen LogP contribution >= 0.6 is 0 Å². The number of aliphatic hydroxyl groups excluding tert-OH is 1. The molecule has 0 aliphatic carbocycles. The van der Waals surface area contributed by atoms with E-state index in [1.54, 1.807) is 31.2 Å². The van der Waals surface area contributed by atoms with Gasteiger partial charge in [-0.3, -0.25) is 4.72 Å². The van der Waals surface area contributed by atoms with Crippen LogP contribution in [0.5, 0.6) is 0 Å². The molecule has 14 heavy (non-hydrogen) atoms. The fourth-order valence-electron chi connectivity index (χ4n) is 0.942. The topological polar surface area (TPSA) is 66.4 Å². The van der Waals surface area contributed by atoms with Crippen LogP contribution in [0.3, 0.4) is 0 Å². The zero-order valence-corrected chi connectivity index (χ0v) is 11.0. The van der Waals surface area contributed by atoms with Crippen molar-refractivity contribution in [1.29, 1.82) is 0 Å². The summed E-state index contributed by atoms with van der Waals surface area (Å²) in [5.74, 6) is 0. The Kier molecular flexibility index (Phi) is 6.39. The van der Waals surface area contributed by atoms with Gasteiger partial charge in [-0.2, -0.15) is 0 Å². The van der Waals surface area contributed by atoms with Gasteiger partial charge < -0.3 is 5.11 Å². The van der Waals surface area contributed by atoms with Crippen LogP contribution < -0.4 is 4.72 Å². The van der Waals surface area contributed by atoms with E-state index >= 15 is 0 Å². The van der Waals surface area contributed by atoms with Gasteiger partial charge in [-0.1, -0.05) is 12.1 Å². The van der Waals surface area contributed by atoms with Crippen molar-refractivity contribution in [2.24, 2.45) is 0 Å². The molecule has 1 unspecified atom stereocenters. The van der Waals surface area contributed by atoms with Crippen molar-refractivity contribution in [3.63, 3.8) is 0 Å². The second kappa shape index (κ2) is 6.42. The summed E-state index contributed by atoms with van der Waals surface area (Å²) in [4.78, 5) is 0. The number of benzene rings is 1. The average Bonchev–Trinajstić information content (AvgIpc) is 2.04. The molecule has 0 aliphatic heterocycles. The molecule has 6 heteroatoms. The Bertz CT molecular complexity index is 340. The Balaban J connectivity index is 0.00000169. The van der Waals surface area contributed by atoms with E-state index in [0.29, 0.717) is 5.69 Å². The molecule has 0 saturated carbocycles. The van der Waals surface area contributed by atoms with Crippen molar-refractivity contribution in [3.8, 4) is 0 Å². The molecular formula is C8H11NNaO3S. The zero-order chi connectivity index (χ0) is 9.84. The van der Waals surface area contributed by atoms with Gasteiger partial charge in [-0.25, -0.2) is 8.42 Å². The number of nitrogens with one attached hydrogen (secondary N) is 1. The number of anilines is 1. The molecule has 1 aromatic carbocycles. The second-order valence-corrected chi connectivity index (χ2v) is 3.40. The van der Waals surface area contributed by atoms with E-state index in [4.69, 9.17) is 5.11 Å². The molecule has 73 valence electrons.